The van der Waals surface area contributed by atoms with E-state index in [9.17, 15) is 9.90 Å². The maximum atomic E-state index is 13.3. The maximum Gasteiger partial charge on any atom is 0.225 e. The van der Waals surface area contributed by atoms with E-state index in [2.05, 4.69) is 22.8 Å². The summed E-state index contributed by atoms with van der Waals surface area (Å²) in [6, 6.07) is 0. The normalized spacial score (nSPS) is 34.6. The lowest BCUT2D eigenvalue weighted by Gasteiger charge is -2.44. The molecule has 3 saturated carbocycles. The SMILES string of the molecule is CC(/C=C/Cl)=C\CN1CCN(C(=O)C2CCC(OC3CCC(C4CCC5(CC4)OCCO5)CC3CO)CC2)CC1. The van der Waals surface area contributed by atoms with Gasteiger partial charge in [0.25, 0.3) is 0 Å². The summed E-state index contributed by atoms with van der Waals surface area (Å²) in [5.74, 6) is 1.80. The molecule has 0 bridgehead atoms. The van der Waals surface area contributed by atoms with E-state index >= 15 is 0 Å². The number of ether oxygens (including phenoxy) is 3. The molecule has 0 aromatic carbocycles. The third-order valence-corrected chi connectivity index (χ3v) is 10.7. The van der Waals surface area contributed by atoms with Crippen LogP contribution in [0.5, 0.6) is 0 Å². The van der Waals surface area contributed by atoms with Crippen molar-refractivity contribution in [3.63, 3.8) is 0 Å². The molecule has 8 heteroatoms. The number of aliphatic hydroxyl groups excluding tert-OH is 1. The fraction of sp³-hybridized carbons (Fsp3) is 0.844. The second kappa shape index (κ2) is 14.5. The van der Waals surface area contributed by atoms with Crippen molar-refractivity contribution in [1.82, 2.24) is 9.80 Å². The summed E-state index contributed by atoms with van der Waals surface area (Å²) in [6.45, 7) is 8.12. The molecule has 1 N–H and O–H groups in total. The van der Waals surface area contributed by atoms with Crippen LogP contribution in [0.4, 0.5) is 0 Å². The highest BCUT2D eigenvalue weighted by molar-refractivity contribution is 6.25. The van der Waals surface area contributed by atoms with Gasteiger partial charge in [0.15, 0.2) is 5.79 Å². The molecule has 2 saturated heterocycles. The summed E-state index contributed by atoms with van der Waals surface area (Å²) in [4.78, 5) is 17.7. The van der Waals surface area contributed by atoms with Crippen molar-refractivity contribution in [2.24, 2.45) is 23.7 Å². The van der Waals surface area contributed by atoms with Gasteiger partial charge < -0.3 is 24.2 Å². The molecular weight excluding hydrogens is 528 g/mol. The lowest BCUT2D eigenvalue weighted by molar-refractivity contribution is -0.187. The minimum atomic E-state index is -0.291. The van der Waals surface area contributed by atoms with E-state index in [0.29, 0.717) is 17.7 Å². The van der Waals surface area contributed by atoms with Crippen LogP contribution in [0.25, 0.3) is 0 Å². The van der Waals surface area contributed by atoms with Gasteiger partial charge in [-0.25, -0.2) is 0 Å². The third kappa shape index (κ3) is 7.70. The Morgan fingerprint density at radius 1 is 0.975 bits per heavy atom. The molecule has 3 unspecified atom stereocenters. The molecule has 1 amide bonds. The number of carbonyl (C=O) groups is 1. The zero-order chi connectivity index (χ0) is 28.0. The molecule has 5 fully saturated rings. The molecule has 3 atom stereocenters. The van der Waals surface area contributed by atoms with Crippen LogP contribution in [-0.2, 0) is 19.0 Å². The molecule has 3 aliphatic carbocycles. The summed E-state index contributed by atoms with van der Waals surface area (Å²) in [5.41, 5.74) is 2.71. The minimum Gasteiger partial charge on any atom is -0.396 e. The quantitative estimate of drug-likeness (QED) is 0.403. The van der Waals surface area contributed by atoms with Gasteiger partial charge in [-0.2, -0.15) is 0 Å². The van der Waals surface area contributed by atoms with Crippen molar-refractivity contribution in [2.75, 3.05) is 52.5 Å². The standard InChI is InChI=1S/C32H51ClN2O5/c1-24(10-14-33)11-15-34-16-18-35(19-17-34)31(37)26-2-5-29(6-3-26)40-30-7-4-27(22-28(30)23-36)25-8-12-32(13-9-25)38-20-21-39-32/h10-11,14,25-30,36H,2-9,12-13,15-23H2,1H3/b14-10+,24-11+. The number of hydrogen-bond donors (Lipinski definition) is 1. The van der Waals surface area contributed by atoms with Crippen LogP contribution in [0.2, 0.25) is 0 Å². The van der Waals surface area contributed by atoms with Gasteiger partial charge in [-0.05, 0) is 82.6 Å². The summed E-state index contributed by atoms with van der Waals surface area (Å²) in [5, 5.41) is 10.3. The smallest absolute Gasteiger partial charge is 0.225 e. The Morgan fingerprint density at radius 2 is 1.68 bits per heavy atom. The van der Waals surface area contributed by atoms with E-state index in [1.54, 1.807) is 5.54 Å². The molecule has 40 heavy (non-hydrogen) atoms. The fourth-order valence-electron chi connectivity index (χ4n) is 7.95. The van der Waals surface area contributed by atoms with Crippen LogP contribution in [0.15, 0.2) is 23.3 Å². The highest BCUT2D eigenvalue weighted by atomic mass is 35.5. The number of aliphatic hydroxyl groups is 1. The van der Waals surface area contributed by atoms with Gasteiger partial charge in [0.1, 0.15) is 0 Å². The van der Waals surface area contributed by atoms with E-state index in [1.807, 2.05) is 6.08 Å². The first kappa shape index (κ1) is 30.5. The number of piperazine rings is 1. The summed E-state index contributed by atoms with van der Waals surface area (Å²) < 4.78 is 18.5. The number of rotatable bonds is 8. The third-order valence-electron chi connectivity index (χ3n) is 10.5. The zero-order valence-electron chi connectivity index (χ0n) is 24.5. The Hall–Kier alpha value is -0.960. The van der Waals surface area contributed by atoms with Crippen LogP contribution >= 0.6 is 11.6 Å². The van der Waals surface area contributed by atoms with Crippen LogP contribution in [-0.4, -0.2) is 91.4 Å². The predicted octanol–water partition coefficient (Wildman–Crippen LogP) is 5.12. The highest BCUT2D eigenvalue weighted by Gasteiger charge is 2.44. The van der Waals surface area contributed by atoms with Gasteiger partial charge in [0.05, 0.1) is 25.4 Å². The van der Waals surface area contributed by atoms with Gasteiger partial charge in [0, 0.05) is 69.5 Å². The number of nitrogens with zero attached hydrogens (tertiary/aromatic N) is 2. The van der Waals surface area contributed by atoms with Gasteiger partial charge >= 0.3 is 0 Å². The van der Waals surface area contributed by atoms with Crippen LogP contribution in [0.3, 0.4) is 0 Å². The topological polar surface area (TPSA) is 71.5 Å². The van der Waals surface area contributed by atoms with Crippen molar-refractivity contribution in [3.8, 4) is 0 Å². The Labute approximate surface area is 246 Å². The first-order chi connectivity index (χ1) is 19.5. The predicted molar refractivity (Wildman–Crippen MR) is 157 cm³/mol. The van der Waals surface area contributed by atoms with Gasteiger partial charge in [-0.3, -0.25) is 9.69 Å². The second-order valence-corrected chi connectivity index (χ2v) is 13.2. The zero-order valence-corrected chi connectivity index (χ0v) is 25.2. The molecule has 226 valence electrons. The van der Waals surface area contributed by atoms with E-state index in [4.69, 9.17) is 25.8 Å². The highest BCUT2D eigenvalue weighted by Crippen LogP contribution is 2.46. The molecule has 7 nitrogen and oxygen atoms in total. The van der Waals surface area contributed by atoms with Crippen LogP contribution in [0, 0.1) is 23.7 Å². The molecule has 5 rings (SSSR count). The summed E-state index contributed by atoms with van der Waals surface area (Å²) >= 11 is 5.66. The summed E-state index contributed by atoms with van der Waals surface area (Å²) in [6.07, 6.45) is 15.9. The first-order valence-electron chi connectivity index (χ1n) is 16.0. The van der Waals surface area contributed by atoms with E-state index < -0.39 is 0 Å². The van der Waals surface area contributed by atoms with Crippen molar-refractivity contribution in [3.05, 3.63) is 23.3 Å². The molecular formula is C32H51ClN2O5. The van der Waals surface area contributed by atoms with Gasteiger partial charge in [0.2, 0.25) is 5.91 Å². The molecule has 2 aliphatic heterocycles. The number of carbonyl (C=O) groups excluding carboxylic acids is 1. The van der Waals surface area contributed by atoms with Crippen molar-refractivity contribution in [1.29, 1.82) is 0 Å². The Balaban J connectivity index is 1.01. The number of allylic oxidation sites excluding steroid dienone is 2. The minimum absolute atomic E-state index is 0.134. The first-order valence-corrected chi connectivity index (χ1v) is 16.4. The van der Waals surface area contributed by atoms with Crippen molar-refractivity contribution in [2.45, 2.75) is 95.5 Å². The van der Waals surface area contributed by atoms with Crippen LogP contribution in [0.1, 0.15) is 77.6 Å². The second-order valence-electron chi connectivity index (χ2n) is 13.0. The van der Waals surface area contributed by atoms with Crippen molar-refractivity contribution < 1.29 is 24.1 Å². The van der Waals surface area contributed by atoms with Crippen molar-refractivity contribution >= 4 is 17.5 Å². The average molecular weight is 579 g/mol. The average Bonchev–Trinajstić information content (AvgIpc) is 3.45. The van der Waals surface area contributed by atoms with Gasteiger partial charge in [-0.1, -0.05) is 23.3 Å². The van der Waals surface area contributed by atoms with E-state index in [1.165, 1.54) is 19.3 Å². The maximum absolute atomic E-state index is 13.3. The monoisotopic (exact) mass is 578 g/mol. The molecule has 0 aromatic rings. The lowest BCUT2D eigenvalue weighted by Crippen LogP contribution is -2.50. The fourth-order valence-corrected chi connectivity index (χ4v) is 8.15. The number of halogens is 1. The molecule has 2 heterocycles. The Morgan fingerprint density at radius 3 is 2.33 bits per heavy atom. The van der Waals surface area contributed by atoms with E-state index in [-0.39, 0.29) is 36.4 Å². The van der Waals surface area contributed by atoms with E-state index in [0.717, 1.165) is 103 Å². The lowest BCUT2D eigenvalue weighted by atomic mass is 9.68. The number of amides is 1. The van der Waals surface area contributed by atoms with Gasteiger partial charge in [-0.15, -0.1) is 0 Å². The molecule has 0 radical (unpaired) electrons. The largest absolute Gasteiger partial charge is 0.396 e. The summed E-state index contributed by atoms with van der Waals surface area (Å²) in [7, 11) is 0. The Bertz CT molecular complexity index is 865. The molecule has 1 spiro atoms. The molecule has 5 aliphatic rings. The Kier molecular flexibility index (Phi) is 11.0. The van der Waals surface area contributed by atoms with Crippen LogP contribution < -0.4 is 0 Å². The number of hydrogen-bond acceptors (Lipinski definition) is 6. The molecule has 0 aromatic heterocycles.